The summed E-state index contributed by atoms with van der Waals surface area (Å²) in [7, 11) is 1.62. The van der Waals surface area contributed by atoms with E-state index < -0.39 is 0 Å². The first-order valence-corrected chi connectivity index (χ1v) is 4.45. The molecule has 15 heavy (non-hydrogen) atoms. The summed E-state index contributed by atoms with van der Waals surface area (Å²) in [5.74, 6) is 0.773. The van der Waals surface area contributed by atoms with Crippen molar-refractivity contribution in [2.24, 2.45) is 5.73 Å². The number of ether oxygens (including phenoxy) is 1. The van der Waals surface area contributed by atoms with Gasteiger partial charge >= 0.3 is 0 Å². The van der Waals surface area contributed by atoms with Gasteiger partial charge in [0.05, 0.1) is 12.8 Å². The summed E-state index contributed by atoms with van der Waals surface area (Å²) in [5.41, 5.74) is 7.39. The van der Waals surface area contributed by atoms with Crippen LogP contribution in [0.2, 0.25) is 0 Å². The zero-order chi connectivity index (χ0) is 10.7. The molecule has 1 aromatic heterocycles. The molecule has 2 rings (SSSR count). The molecule has 2 N–H and O–H groups in total. The van der Waals surface area contributed by atoms with Gasteiger partial charge in [0.2, 0.25) is 0 Å². The fourth-order valence-corrected chi connectivity index (χ4v) is 1.35. The Bertz CT molecular complexity index is 440. The van der Waals surface area contributed by atoms with Gasteiger partial charge in [-0.3, -0.25) is 0 Å². The number of hydrogen-bond acceptors (Lipinski definition) is 5. The first kappa shape index (κ1) is 9.60. The van der Waals surface area contributed by atoms with Crippen molar-refractivity contribution in [3.05, 3.63) is 30.1 Å². The maximum atomic E-state index is 5.61. The number of methoxy groups -OCH3 is 1. The van der Waals surface area contributed by atoms with Crippen molar-refractivity contribution < 1.29 is 4.74 Å². The second-order valence-electron chi connectivity index (χ2n) is 2.95. The minimum Gasteiger partial charge on any atom is -0.496 e. The highest BCUT2D eigenvalue weighted by Gasteiger charge is 2.04. The zero-order valence-electron chi connectivity index (χ0n) is 8.29. The molecule has 0 spiro atoms. The topological polar surface area (TPSA) is 78.8 Å². The van der Waals surface area contributed by atoms with E-state index in [4.69, 9.17) is 10.5 Å². The molecule has 1 aromatic carbocycles. The van der Waals surface area contributed by atoms with Crippen LogP contribution < -0.4 is 10.5 Å². The van der Waals surface area contributed by atoms with E-state index in [1.165, 1.54) is 6.33 Å². The van der Waals surface area contributed by atoms with Crippen molar-refractivity contribution in [1.29, 1.82) is 0 Å². The minimum atomic E-state index is 0.416. The maximum absolute atomic E-state index is 5.61. The molecule has 0 bridgehead atoms. The summed E-state index contributed by atoms with van der Waals surface area (Å²) in [4.78, 5) is 0. The van der Waals surface area contributed by atoms with Gasteiger partial charge in [-0.1, -0.05) is 0 Å². The number of nitrogens with two attached hydrogens (primary N) is 1. The summed E-state index contributed by atoms with van der Waals surface area (Å²) < 4.78 is 6.74. The molecule has 0 aliphatic heterocycles. The molecule has 0 fully saturated rings. The number of hydrogen-bond donors (Lipinski definition) is 1. The molecule has 0 amide bonds. The van der Waals surface area contributed by atoms with Crippen LogP contribution in [-0.2, 0) is 6.54 Å². The van der Waals surface area contributed by atoms with Crippen LogP contribution in [-0.4, -0.2) is 27.3 Å². The fraction of sp³-hybridized carbons (Fsp3) is 0.222. The van der Waals surface area contributed by atoms with Gasteiger partial charge in [0.25, 0.3) is 0 Å². The molecule has 6 heteroatoms. The predicted molar refractivity (Wildman–Crippen MR) is 53.6 cm³/mol. The fourth-order valence-electron chi connectivity index (χ4n) is 1.35. The Balaban J connectivity index is 2.43. The Morgan fingerprint density at radius 2 is 2.33 bits per heavy atom. The van der Waals surface area contributed by atoms with Crippen molar-refractivity contribution in [1.82, 2.24) is 20.2 Å². The molecular weight excluding hydrogens is 194 g/mol. The van der Waals surface area contributed by atoms with E-state index in [0.717, 1.165) is 17.0 Å². The molecule has 2 aromatic rings. The van der Waals surface area contributed by atoms with Crippen molar-refractivity contribution in [2.45, 2.75) is 6.54 Å². The zero-order valence-corrected chi connectivity index (χ0v) is 8.29. The third kappa shape index (κ3) is 1.79. The molecular formula is C9H11N5O. The van der Waals surface area contributed by atoms with Gasteiger partial charge in [0.1, 0.15) is 12.1 Å². The molecule has 78 valence electrons. The van der Waals surface area contributed by atoms with Crippen LogP contribution in [0.25, 0.3) is 5.69 Å². The Morgan fingerprint density at radius 3 is 2.93 bits per heavy atom. The van der Waals surface area contributed by atoms with Gasteiger partial charge in [-0.05, 0) is 28.6 Å². The monoisotopic (exact) mass is 205 g/mol. The second-order valence-corrected chi connectivity index (χ2v) is 2.95. The average molecular weight is 205 g/mol. The Kier molecular flexibility index (Phi) is 2.59. The van der Waals surface area contributed by atoms with Crippen molar-refractivity contribution >= 4 is 0 Å². The SMILES string of the molecule is COc1ccc(-n2cnnn2)cc1CN. The quantitative estimate of drug-likeness (QED) is 0.770. The summed E-state index contributed by atoms with van der Waals surface area (Å²) in [6.07, 6.45) is 1.53. The number of nitrogens with zero attached hydrogens (tertiary/aromatic N) is 4. The first-order chi connectivity index (χ1) is 7.35. The molecule has 0 saturated heterocycles. The van der Waals surface area contributed by atoms with Gasteiger partial charge in [0, 0.05) is 12.1 Å². The van der Waals surface area contributed by atoms with Crippen molar-refractivity contribution in [3.8, 4) is 11.4 Å². The van der Waals surface area contributed by atoms with E-state index in [0.29, 0.717) is 6.54 Å². The summed E-state index contributed by atoms with van der Waals surface area (Å²) >= 11 is 0. The molecule has 0 atom stereocenters. The van der Waals surface area contributed by atoms with Crippen LogP contribution in [0.1, 0.15) is 5.56 Å². The van der Waals surface area contributed by atoms with E-state index in [2.05, 4.69) is 15.5 Å². The third-order valence-corrected chi connectivity index (χ3v) is 2.10. The van der Waals surface area contributed by atoms with E-state index in [-0.39, 0.29) is 0 Å². The summed E-state index contributed by atoms with van der Waals surface area (Å²) in [5, 5.41) is 10.9. The lowest BCUT2D eigenvalue weighted by atomic mass is 10.2. The van der Waals surface area contributed by atoms with Crippen LogP contribution in [0.4, 0.5) is 0 Å². The standard InChI is InChI=1S/C9H11N5O/c1-15-9-3-2-8(4-7(9)5-10)14-6-11-12-13-14/h2-4,6H,5,10H2,1H3. The van der Waals surface area contributed by atoms with Crippen molar-refractivity contribution in [3.63, 3.8) is 0 Å². The third-order valence-electron chi connectivity index (χ3n) is 2.10. The lowest BCUT2D eigenvalue weighted by molar-refractivity contribution is 0.409. The molecule has 6 nitrogen and oxygen atoms in total. The number of benzene rings is 1. The molecule has 0 aliphatic rings. The van der Waals surface area contributed by atoms with Gasteiger partial charge in [-0.15, -0.1) is 5.10 Å². The van der Waals surface area contributed by atoms with E-state index >= 15 is 0 Å². The van der Waals surface area contributed by atoms with E-state index in [9.17, 15) is 0 Å². The van der Waals surface area contributed by atoms with Gasteiger partial charge in [-0.25, -0.2) is 4.68 Å². The van der Waals surface area contributed by atoms with Crippen LogP contribution in [0.5, 0.6) is 5.75 Å². The molecule has 0 unspecified atom stereocenters. The van der Waals surface area contributed by atoms with Crippen LogP contribution in [0, 0.1) is 0 Å². The molecule has 0 saturated carbocycles. The van der Waals surface area contributed by atoms with Gasteiger partial charge in [-0.2, -0.15) is 0 Å². The van der Waals surface area contributed by atoms with Crippen LogP contribution >= 0.6 is 0 Å². The van der Waals surface area contributed by atoms with E-state index in [1.54, 1.807) is 11.8 Å². The molecule has 1 heterocycles. The lowest BCUT2D eigenvalue weighted by Crippen LogP contribution is -2.02. The summed E-state index contributed by atoms with van der Waals surface area (Å²) in [6, 6.07) is 5.61. The minimum absolute atomic E-state index is 0.416. The maximum Gasteiger partial charge on any atom is 0.143 e. The highest BCUT2D eigenvalue weighted by Crippen LogP contribution is 2.20. The molecule has 0 aliphatic carbocycles. The normalized spacial score (nSPS) is 10.3. The van der Waals surface area contributed by atoms with Gasteiger partial charge < -0.3 is 10.5 Å². The second kappa shape index (κ2) is 4.05. The highest BCUT2D eigenvalue weighted by atomic mass is 16.5. The lowest BCUT2D eigenvalue weighted by Gasteiger charge is -2.08. The first-order valence-electron chi connectivity index (χ1n) is 4.45. The Hall–Kier alpha value is -1.95. The summed E-state index contributed by atoms with van der Waals surface area (Å²) in [6.45, 7) is 0.416. The predicted octanol–water partition coefficient (Wildman–Crippen LogP) is 0.130. The highest BCUT2D eigenvalue weighted by molar-refractivity contribution is 5.43. The number of tetrazole rings is 1. The molecule has 0 radical (unpaired) electrons. The Labute approximate surface area is 86.7 Å². The largest absolute Gasteiger partial charge is 0.496 e. The van der Waals surface area contributed by atoms with Crippen molar-refractivity contribution in [2.75, 3.05) is 7.11 Å². The average Bonchev–Trinajstić information content (AvgIpc) is 2.81. The number of aromatic nitrogens is 4. The Morgan fingerprint density at radius 1 is 1.47 bits per heavy atom. The van der Waals surface area contributed by atoms with E-state index in [1.807, 2.05) is 18.2 Å². The van der Waals surface area contributed by atoms with Crippen LogP contribution in [0.15, 0.2) is 24.5 Å². The van der Waals surface area contributed by atoms with Gasteiger partial charge in [0.15, 0.2) is 0 Å². The number of rotatable bonds is 3. The van der Waals surface area contributed by atoms with Crippen LogP contribution in [0.3, 0.4) is 0 Å². The smallest absolute Gasteiger partial charge is 0.143 e.